The Hall–Kier alpha value is 1.89. The summed E-state index contributed by atoms with van der Waals surface area (Å²) in [5.41, 5.74) is 0. The van der Waals surface area contributed by atoms with Crippen LogP contribution in [-0.4, -0.2) is 97.4 Å². The van der Waals surface area contributed by atoms with E-state index in [1.165, 1.54) is 0 Å². The van der Waals surface area contributed by atoms with Gasteiger partial charge in [0, 0.05) is 0 Å². The molecule has 1 atom stereocenters. The average Bonchev–Trinajstić information content (AvgIpc) is 1.60. The van der Waals surface area contributed by atoms with Crippen LogP contribution in [0.1, 0.15) is 6.92 Å². The standard InChI is InChI=1S/C3H6O6S.Ca.ClH.Na.3H/c1-2(3(4)5)9-10(6,7)8;;;;;;/h2H,1H3,(H,4,5)(H,6,7,8);;1H;;;;. The Morgan fingerprint density at radius 3 is 1.85 bits per heavy atom. The van der Waals surface area contributed by atoms with Crippen LogP contribution in [0.2, 0.25) is 0 Å². The van der Waals surface area contributed by atoms with Gasteiger partial charge in [0.1, 0.15) is 0 Å². The summed E-state index contributed by atoms with van der Waals surface area (Å²) in [4.78, 5) is 9.88. The van der Waals surface area contributed by atoms with E-state index in [1.807, 2.05) is 0 Å². The molecule has 0 rings (SSSR count). The number of rotatable bonds is 3. The van der Waals surface area contributed by atoms with E-state index < -0.39 is 22.5 Å². The summed E-state index contributed by atoms with van der Waals surface area (Å²) in [6.45, 7) is 0.982. The van der Waals surface area contributed by atoms with E-state index in [1.54, 1.807) is 0 Å². The van der Waals surface area contributed by atoms with Crippen molar-refractivity contribution in [1.82, 2.24) is 0 Å². The Morgan fingerprint density at radius 1 is 1.46 bits per heavy atom. The molecule has 2 N–H and O–H groups in total. The predicted octanol–water partition coefficient (Wildman–Crippen LogP) is -1.86. The number of halogens is 1. The number of hydrogen-bond acceptors (Lipinski definition) is 4. The second-order valence-corrected chi connectivity index (χ2v) is 2.55. The topological polar surface area (TPSA) is 101 Å². The molecule has 1 unspecified atom stereocenters. The Bertz CT molecular complexity index is 230. The molecule has 0 saturated heterocycles. The van der Waals surface area contributed by atoms with Crippen LogP contribution in [0.5, 0.6) is 0 Å². The second kappa shape index (κ2) is 10.4. The Labute approximate surface area is 134 Å². The van der Waals surface area contributed by atoms with Crippen molar-refractivity contribution >= 4 is 96.1 Å². The normalized spacial score (nSPS) is 11.2. The van der Waals surface area contributed by atoms with Crippen molar-refractivity contribution in [3.63, 3.8) is 0 Å². The van der Waals surface area contributed by atoms with Crippen molar-refractivity contribution in [3.8, 4) is 0 Å². The molecule has 0 aliphatic rings. The van der Waals surface area contributed by atoms with Crippen LogP contribution in [0.3, 0.4) is 0 Å². The molecule has 0 bridgehead atoms. The molecule has 0 saturated carbocycles. The maximum atomic E-state index is 9.88. The fourth-order valence-electron chi connectivity index (χ4n) is 0.224. The van der Waals surface area contributed by atoms with Gasteiger partial charge in [-0.2, -0.15) is 8.42 Å². The first-order valence-electron chi connectivity index (χ1n) is 2.21. The predicted molar refractivity (Wildman–Crippen MR) is 52.7 cm³/mol. The van der Waals surface area contributed by atoms with Gasteiger partial charge in [-0.1, -0.05) is 0 Å². The summed E-state index contributed by atoms with van der Waals surface area (Å²) in [5.74, 6) is -1.46. The summed E-state index contributed by atoms with van der Waals surface area (Å²) >= 11 is 0. The molecule has 13 heavy (non-hydrogen) atoms. The van der Waals surface area contributed by atoms with E-state index in [0.29, 0.717) is 0 Å². The van der Waals surface area contributed by atoms with Gasteiger partial charge in [0.2, 0.25) is 0 Å². The number of carboxylic acid groups (broad SMARTS) is 1. The fraction of sp³-hybridized carbons (Fsp3) is 0.667. The van der Waals surface area contributed by atoms with Gasteiger partial charge in [-0.25, -0.2) is 8.98 Å². The van der Waals surface area contributed by atoms with Gasteiger partial charge in [0.05, 0.1) is 0 Å². The fourth-order valence-corrected chi connectivity index (χ4v) is 0.671. The first-order chi connectivity index (χ1) is 4.33. The zero-order valence-corrected chi connectivity index (χ0v) is 7.05. The zero-order chi connectivity index (χ0) is 8.36. The van der Waals surface area contributed by atoms with E-state index in [2.05, 4.69) is 4.18 Å². The molecule has 0 aliphatic carbocycles. The quantitative estimate of drug-likeness (QED) is 0.461. The summed E-state index contributed by atoms with van der Waals surface area (Å²) < 4.78 is 31.2. The summed E-state index contributed by atoms with van der Waals surface area (Å²) in [6.07, 6.45) is -1.56. The minimum absolute atomic E-state index is 0. The van der Waals surface area contributed by atoms with Crippen molar-refractivity contribution in [2.75, 3.05) is 0 Å². The van der Waals surface area contributed by atoms with Crippen LogP contribution in [-0.2, 0) is 19.4 Å². The molecular formula is C3H10CaClNaO6S. The molecule has 0 aromatic heterocycles. The van der Waals surface area contributed by atoms with Gasteiger partial charge in [-0.05, 0) is 6.92 Å². The molecule has 0 aromatic carbocycles. The third-order valence-electron chi connectivity index (χ3n) is 0.614. The number of aliphatic carboxylic acids is 1. The molecule has 74 valence electrons. The van der Waals surface area contributed by atoms with E-state index in [4.69, 9.17) is 9.66 Å². The second-order valence-electron chi connectivity index (χ2n) is 1.50. The SMILES string of the molecule is CC(OS(=O)(=O)O)C(=O)O.Cl.[CaH2].[NaH]. The van der Waals surface area contributed by atoms with Crippen LogP contribution >= 0.6 is 12.4 Å². The average molecular weight is 273 g/mol. The van der Waals surface area contributed by atoms with Gasteiger partial charge in [-0.3, -0.25) is 4.55 Å². The molecule has 6 nitrogen and oxygen atoms in total. The Kier molecular flexibility index (Phi) is 19.4. The van der Waals surface area contributed by atoms with Crippen molar-refractivity contribution < 1.29 is 27.1 Å². The minimum atomic E-state index is -4.65. The Morgan fingerprint density at radius 2 is 1.77 bits per heavy atom. The van der Waals surface area contributed by atoms with E-state index in [9.17, 15) is 13.2 Å². The van der Waals surface area contributed by atoms with E-state index in [-0.39, 0.29) is 79.7 Å². The van der Waals surface area contributed by atoms with E-state index >= 15 is 0 Å². The Balaban J connectivity index is -0.000000135. The number of carboxylic acids is 1. The first kappa shape index (κ1) is 24.2. The zero-order valence-electron chi connectivity index (χ0n) is 5.42. The molecule has 0 aliphatic heterocycles. The summed E-state index contributed by atoms with van der Waals surface area (Å²) in [5, 5.41) is 8.04. The molecule has 0 radical (unpaired) electrons. The first-order valence-corrected chi connectivity index (χ1v) is 3.58. The summed E-state index contributed by atoms with van der Waals surface area (Å²) in [7, 11) is -4.65. The molecule has 0 amide bonds. The van der Waals surface area contributed by atoms with Crippen LogP contribution < -0.4 is 0 Å². The van der Waals surface area contributed by atoms with Gasteiger partial charge < -0.3 is 5.11 Å². The van der Waals surface area contributed by atoms with Crippen molar-refractivity contribution in [2.45, 2.75) is 13.0 Å². The maximum absolute atomic E-state index is 9.88. The molecular weight excluding hydrogens is 263 g/mol. The third-order valence-corrected chi connectivity index (χ3v) is 1.15. The van der Waals surface area contributed by atoms with Crippen molar-refractivity contribution in [1.29, 1.82) is 0 Å². The van der Waals surface area contributed by atoms with Gasteiger partial charge in [0.15, 0.2) is 6.10 Å². The van der Waals surface area contributed by atoms with Gasteiger partial charge in [-0.15, -0.1) is 12.4 Å². The molecule has 0 aromatic rings. The van der Waals surface area contributed by atoms with Crippen molar-refractivity contribution in [3.05, 3.63) is 0 Å². The number of hydrogen-bond donors (Lipinski definition) is 2. The molecule has 0 heterocycles. The van der Waals surface area contributed by atoms with E-state index in [0.717, 1.165) is 6.92 Å². The monoisotopic (exact) mass is 272 g/mol. The molecule has 0 fully saturated rings. The van der Waals surface area contributed by atoms with Crippen LogP contribution in [0.15, 0.2) is 0 Å². The number of carbonyl (C=O) groups is 1. The van der Waals surface area contributed by atoms with Crippen LogP contribution in [0, 0.1) is 0 Å². The van der Waals surface area contributed by atoms with Crippen molar-refractivity contribution in [2.24, 2.45) is 0 Å². The summed E-state index contributed by atoms with van der Waals surface area (Å²) in [6, 6.07) is 0. The van der Waals surface area contributed by atoms with Crippen LogP contribution in [0.25, 0.3) is 0 Å². The molecule has 10 heteroatoms. The third kappa shape index (κ3) is 16.6. The van der Waals surface area contributed by atoms with Gasteiger partial charge >= 0.3 is 83.7 Å². The van der Waals surface area contributed by atoms with Gasteiger partial charge in [0.25, 0.3) is 0 Å². The van der Waals surface area contributed by atoms with Crippen LogP contribution in [0.4, 0.5) is 0 Å². The molecule has 0 spiro atoms.